The molecule has 0 aromatic heterocycles. The zero-order chi connectivity index (χ0) is 22.5. The van der Waals surface area contributed by atoms with Crippen LogP contribution in [0.25, 0.3) is 0 Å². The van der Waals surface area contributed by atoms with Gasteiger partial charge in [-0.05, 0) is 37.3 Å². The maximum Gasteiger partial charge on any atom is 0.316 e. The summed E-state index contributed by atoms with van der Waals surface area (Å²) in [6.07, 6.45) is 9.08. The van der Waals surface area contributed by atoms with E-state index in [4.69, 9.17) is 11.6 Å². The highest BCUT2D eigenvalue weighted by molar-refractivity contribution is 6.30. The number of hydrogen-bond acceptors (Lipinski definition) is 2. The molecule has 0 heterocycles. The van der Waals surface area contributed by atoms with Crippen LogP contribution in [0.1, 0.15) is 69.9 Å². The first-order valence-electron chi connectivity index (χ1n) is 10.6. The molecule has 8 heteroatoms. The molecule has 0 spiro atoms. The standard InChI is InChI=1S/C13H14ClF2NO.C9H20N2O/c14-9-5-6-10(15)11(12(9)16)13(17-7-18)8-3-1-2-4-8;1-4-5-6-7-8-11(3)9(12)10-2/h5-8,13H,1-4H2,(H,17,18);4-8H2,1-3H3,(H,10,12). The van der Waals surface area contributed by atoms with Crippen molar-refractivity contribution in [2.45, 2.75) is 64.3 Å². The van der Waals surface area contributed by atoms with Crippen LogP contribution < -0.4 is 10.6 Å². The van der Waals surface area contributed by atoms with Gasteiger partial charge in [0.2, 0.25) is 6.41 Å². The van der Waals surface area contributed by atoms with Gasteiger partial charge in [-0.3, -0.25) is 4.79 Å². The summed E-state index contributed by atoms with van der Waals surface area (Å²) < 4.78 is 27.8. The smallest absolute Gasteiger partial charge is 0.316 e. The zero-order valence-electron chi connectivity index (χ0n) is 18.1. The quantitative estimate of drug-likeness (QED) is 0.302. The van der Waals surface area contributed by atoms with Crippen LogP contribution >= 0.6 is 11.6 Å². The second-order valence-corrected chi connectivity index (χ2v) is 8.01. The molecule has 1 aromatic carbocycles. The number of halogens is 3. The molecule has 5 nitrogen and oxygen atoms in total. The summed E-state index contributed by atoms with van der Waals surface area (Å²) in [4.78, 5) is 23.4. The van der Waals surface area contributed by atoms with Gasteiger partial charge in [0.25, 0.3) is 0 Å². The number of nitrogens with one attached hydrogen (secondary N) is 2. The fourth-order valence-electron chi connectivity index (χ4n) is 3.72. The average molecular weight is 446 g/mol. The maximum atomic E-state index is 14.0. The molecule has 1 unspecified atom stereocenters. The van der Waals surface area contributed by atoms with Gasteiger partial charge >= 0.3 is 6.03 Å². The molecule has 1 fully saturated rings. The third-order valence-electron chi connectivity index (χ3n) is 5.42. The summed E-state index contributed by atoms with van der Waals surface area (Å²) in [5.74, 6) is -1.37. The van der Waals surface area contributed by atoms with E-state index in [1.54, 1.807) is 11.9 Å². The summed E-state index contributed by atoms with van der Waals surface area (Å²) in [6, 6.07) is 1.69. The normalized spacial score (nSPS) is 14.5. The van der Waals surface area contributed by atoms with E-state index in [2.05, 4.69) is 17.6 Å². The van der Waals surface area contributed by atoms with Crippen molar-refractivity contribution in [3.63, 3.8) is 0 Å². The number of unbranched alkanes of at least 4 members (excludes halogenated alkanes) is 3. The van der Waals surface area contributed by atoms with Crippen LogP contribution in [-0.2, 0) is 4.79 Å². The van der Waals surface area contributed by atoms with Crippen LogP contribution in [0, 0.1) is 17.6 Å². The van der Waals surface area contributed by atoms with Crippen molar-refractivity contribution < 1.29 is 18.4 Å². The number of benzene rings is 1. The van der Waals surface area contributed by atoms with Gasteiger partial charge in [0, 0.05) is 26.2 Å². The van der Waals surface area contributed by atoms with Crippen LogP contribution in [0.2, 0.25) is 5.02 Å². The Labute approximate surface area is 183 Å². The summed E-state index contributed by atoms with van der Waals surface area (Å²) in [5.41, 5.74) is -0.124. The molecule has 1 saturated carbocycles. The number of carbonyl (C=O) groups excluding carboxylic acids is 2. The Kier molecular flexibility index (Phi) is 12.4. The van der Waals surface area contributed by atoms with Crippen molar-refractivity contribution in [2.24, 2.45) is 5.92 Å². The predicted molar refractivity (Wildman–Crippen MR) is 116 cm³/mol. The molecule has 1 aliphatic carbocycles. The van der Waals surface area contributed by atoms with Crippen molar-refractivity contribution in [3.8, 4) is 0 Å². The van der Waals surface area contributed by atoms with Crippen molar-refractivity contribution >= 4 is 24.0 Å². The van der Waals surface area contributed by atoms with E-state index in [9.17, 15) is 18.4 Å². The van der Waals surface area contributed by atoms with Gasteiger partial charge in [-0.2, -0.15) is 0 Å². The SMILES string of the molecule is CCCCCCN(C)C(=O)NC.O=CNC(c1c(F)ccc(Cl)c1F)C1CCCC1. The third-order valence-corrected chi connectivity index (χ3v) is 5.71. The largest absolute Gasteiger partial charge is 0.351 e. The minimum absolute atomic E-state index is 0.00602. The van der Waals surface area contributed by atoms with E-state index >= 15 is 0 Å². The lowest BCUT2D eigenvalue weighted by Gasteiger charge is -2.24. The van der Waals surface area contributed by atoms with Gasteiger partial charge in [-0.1, -0.05) is 50.6 Å². The monoisotopic (exact) mass is 445 g/mol. The maximum absolute atomic E-state index is 14.0. The van der Waals surface area contributed by atoms with Gasteiger partial charge in [0.15, 0.2) is 0 Å². The van der Waals surface area contributed by atoms with Crippen molar-refractivity contribution in [2.75, 3.05) is 20.6 Å². The molecule has 170 valence electrons. The van der Waals surface area contributed by atoms with Gasteiger partial charge in [-0.15, -0.1) is 0 Å². The Balaban J connectivity index is 0.000000329. The number of carbonyl (C=O) groups is 2. The number of rotatable bonds is 9. The van der Waals surface area contributed by atoms with E-state index in [1.165, 1.54) is 25.3 Å². The summed E-state index contributed by atoms with van der Waals surface area (Å²) in [6.45, 7) is 3.04. The Bertz CT molecular complexity index is 670. The van der Waals surface area contributed by atoms with Crippen molar-refractivity contribution in [1.29, 1.82) is 0 Å². The van der Waals surface area contributed by atoms with Gasteiger partial charge in [0.1, 0.15) is 11.6 Å². The number of hydrogen-bond donors (Lipinski definition) is 2. The average Bonchev–Trinajstić information content (AvgIpc) is 3.28. The third kappa shape index (κ3) is 8.09. The van der Waals surface area contributed by atoms with Gasteiger partial charge < -0.3 is 15.5 Å². The Hall–Kier alpha value is -1.89. The number of urea groups is 1. The molecule has 0 aliphatic heterocycles. The van der Waals surface area contributed by atoms with E-state index in [0.29, 0.717) is 6.41 Å². The molecule has 2 rings (SSSR count). The van der Waals surface area contributed by atoms with Crippen molar-refractivity contribution in [1.82, 2.24) is 15.5 Å². The minimum atomic E-state index is -0.775. The van der Waals surface area contributed by atoms with Crippen LogP contribution in [0.3, 0.4) is 0 Å². The molecule has 0 bridgehead atoms. The van der Waals surface area contributed by atoms with E-state index in [1.807, 2.05) is 7.05 Å². The fraction of sp³-hybridized carbons (Fsp3) is 0.636. The van der Waals surface area contributed by atoms with E-state index < -0.39 is 17.7 Å². The fourth-order valence-corrected chi connectivity index (χ4v) is 3.88. The molecular weight excluding hydrogens is 412 g/mol. The van der Waals surface area contributed by atoms with Crippen LogP contribution in [0.15, 0.2) is 12.1 Å². The van der Waals surface area contributed by atoms with Crippen molar-refractivity contribution in [3.05, 3.63) is 34.4 Å². The zero-order valence-corrected chi connectivity index (χ0v) is 18.9. The predicted octanol–water partition coefficient (Wildman–Crippen LogP) is 5.43. The second kappa shape index (κ2) is 14.2. The number of nitrogens with zero attached hydrogens (tertiary/aromatic N) is 1. The molecule has 30 heavy (non-hydrogen) atoms. The summed E-state index contributed by atoms with van der Waals surface area (Å²) in [7, 11) is 3.48. The summed E-state index contributed by atoms with van der Waals surface area (Å²) >= 11 is 5.68. The lowest BCUT2D eigenvalue weighted by atomic mass is 9.91. The van der Waals surface area contributed by atoms with E-state index in [-0.39, 0.29) is 22.5 Å². The first-order valence-corrected chi connectivity index (χ1v) is 11.0. The Morgan fingerprint density at radius 2 is 1.93 bits per heavy atom. The topological polar surface area (TPSA) is 61.4 Å². The molecule has 1 aromatic rings. The van der Waals surface area contributed by atoms with Gasteiger partial charge in [0.05, 0.1) is 11.1 Å². The highest BCUT2D eigenvalue weighted by Gasteiger charge is 2.31. The Morgan fingerprint density at radius 3 is 2.50 bits per heavy atom. The lowest BCUT2D eigenvalue weighted by molar-refractivity contribution is -0.110. The van der Waals surface area contributed by atoms with Crippen LogP contribution in [0.5, 0.6) is 0 Å². The summed E-state index contributed by atoms with van der Waals surface area (Å²) in [5, 5.41) is 5.00. The molecule has 0 radical (unpaired) electrons. The first kappa shape index (κ1) is 26.1. The van der Waals surface area contributed by atoms with Gasteiger partial charge in [-0.25, -0.2) is 13.6 Å². The number of amides is 3. The lowest BCUT2D eigenvalue weighted by Crippen LogP contribution is -2.35. The highest BCUT2D eigenvalue weighted by Crippen LogP contribution is 2.38. The highest BCUT2D eigenvalue weighted by atomic mass is 35.5. The first-order chi connectivity index (χ1) is 14.4. The molecule has 2 N–H and O–H groups in total. The second-order valence-electron chi connectivity index (χ2n) is 7.60. The molecular formula is C22H34ClF2N3O2. The van der Waals surface area contributed by atoms with Crippen LogP contribution in [0.4, 0.5) is 13.6 Å². The molecule has 1 atom stereocenters. The molecule has 3 amide bonds. The van der Waals surface area contributed by atoms with E-state index in [0.717, 1.165) is 44.7 Å². The Morgan fingerprint density at radius 1 is 1.27 bits per heavy atom. The van der Waals surface area contributed by atoms with Crippen LogP contribution in [-0.4, -0.2) is 38.0 Å². The molecule has 0 saturated heterocycles. The minimum Gasteiger partial charge on any atom is -0.351 e. The molecule has 1 aliphatic rings.